The van der Waals surface area contributed by atoms with Crippen LogP contribution >= 0.6 is 0 Å². The van der Waals surface area contributed by atoms with Crippen molar-refractivity contribution >= 4 is 21.6 Å². The van der Waals surface area contributed by atoms with Crippen molar-refractivity contribution in [2.24, 2.45) is 9.50 Å². The lowest BCUT2D eigenvalue weighted by atomic mass is 9.97. The predicted molar refractivity (Wildman–Crippen MR) is 117 cm³/mol. The summed E-state index contributed by atoms with van der Waals surface area (Å²) in [6.07, 6.45) is -3.03. The van der Waals surface area contributed by atoms with Crippen LogP contribution in [0.15, 0.2) is 39.9 Å². The van der Waals surface area contributed by atoms with E-state index in [4.69, 9.17) is 5.14 Å². The Labute approximate surface area is 196 Å². The molecule has 186 valence electrons. The first-order valence-electron chi connectivity index (χ1n) is 10.4. The Hall–Kier alpha value is -3.39. The van der Waals surface area contributed by atoms with Gasteiger partial charge in [0.25, 0.3) is 0 Å². The molecule has 2 amide bonds. The van der Waals surface area contributed by atoms with Gasteiger partial charge in [0.15, 0.2) is 21.4 Å². The molecule has 1 aromatic carbocycles. The number of carbonyl (C=O) groups is 1. The van der Waals surface area contributed by atoms with Crippen LogP contribution in [0.25, 0.3) is 11.1 Å². The van der Waals surface area contributed by atoms with Crippen molar-refractivity contribution in [3.8, 4) is 11.1 Å². The van der Waals surface area contributed by atoms with E-state index in [2.05, 4.69) is 19.8 Å². The van der Waals surface area contributed by atoms with Gasteiger partial charge in [-0.3, -0.25) is 4.68 Å². The number of urea groups is 1. The van der Waals surface area contributed by atoms with Gasteiger partial charge in [-0.1, -0.05) is 12.1 Å². The van der Waals surface area contributed by atoms with E-state index >= 15 is 0 Å². The minimum Gasteiger partial charge on any atom is -0.304 e. The number of halogens is 5. The van der Waals surface area contributed by atoms with Gasteiger partial charge in [0, 0.05) is 17.8 Å². The summed E-state index contributed by atoms with van der Waals surface area (Å²) in [5.74, 6) is -1.86. The summed E-state index contributed by atoms with van der Waals surface area (Å²) in [5.41, 5.74) is -1.93. The van der Waals surface area contributed by atoms with Crippen LogP contribution in [0.2, 0.25) is 0 Å². The van der Waals surface area contributed by atoms with Crippen LogP contribution in [-0.2, 0) is 35.5 Å². The van der Waals surface area contributed by atoms with Gasteiger partial charge in [0.1, 0.15) is 5.82 Å². The molecule has 0 radical (unpaired) electrons. The number of rotatable bonds is 4. The van der Waals surface area contributed by atoms with Gasteiger partial charge in [-0.2, -0.15) is 18.3 Å². The minimum atomic E-state index is -4.94. The van der Waals surface area contributed by atoms with Crippen molar-refractivity contribution in [3.05, 3.63) is 59.0 Å². The molecule has 2 heterocycles. The molecule has 35 heavy (non-hydrogen) atoms. The van der Waals surface area contributed by atoms with Crippen LogP contribution in [0.4, 0.5) is 32.4 Å². The van der Waals surface area contributed by atoms with Crippen molar-refractivity contribution in [3.63, 3.8) is 0 Å². The number of nitrogens with one attached hydrogen (secondary N) is 1. The van der Waals surface area contributed by atoms with Crippen LogP contribution in [0.3, 0.4) is 0 Å². The SMILES string of the molecule is CCn1cc(F)c([S@](N)(=O)=NC(=O)Nc2c3c(nc(C(F)(F)F)c2-c2cccc(F)c2)CCC3)n1. The second-order valence-electron chi connectivity index (χ2n) is 7.73. The highest BCUT2D eigenvalue weighted by Gasteiger charge is 2.40. The average Bonchev–Trinajstić information content (AvgIpc) is 3.39. The molecular formula is C21H19F5N6O2S. The lowest BCUT2D eigenvalue weighted by Crippen LogP contribution is -2.21. The number of aromatic nitrogens is 3. The van der Waals surface area contributed by atoms with Crippen molar-refractivity contribution in [1.82, 2.24) is 14.8 Å². The summed E-state index contributed by atoms with van der Waals surface area (Å²) in [6.45, 7) is 1.85. The maximum Gasteiger partial charge on any atom is 0.434 e. The fraction of sp³-hybridized carbons (Fsp3) is 0.286. The zero-order valence-corrected chi connectivity index (χ0v) is 19.0. The Morgan fingerprint density at radius 2 is 2.03 bits per heavy atom. The standard InChI is InChI=1S/C21H19F5N6O2S/c1-2-32-10-14(23)19(30-32)35(27,34)31-20(33)29-17-13-7-4-8-15(13)28-18(21(24,25)26)16(17)11-5-3-6-12(22)9-11/h3,5-6,9-10H,2,4,7-8H2,1H3,(H3,27,28,29,31,33,34)/t35-/m1/s1. The van der Waals surface area contributed by atoms with Crippen LogP contribution in [0.5, 0.6) is 0 Å². The van der Waals surface area contributed by atoms with Gasteiger partial charge in [-0.15, -0.1) is 4.36 Å². The first-order valence-corrected chi connectivity index (χ1v) is 12.0. The van der Waals surface area contributed by atoms with Crippen molar-refractivity contribution < 1.29 is 31.0 Å². The van der Waals surface area contributed by atoms with Crippen molar-refractivity contribution in [2.45, 2.75) is 43.9 Å². The molecule has 2 aromatic heterocycles. The molecular weight excluding hydrogens is 495 g/mol. The number of amides is 2. The molecule has 0 saturated carbocycles. The number of alkyl halides is 3. The molecule has 0 fully saturated rings. The van der Waals surface area contributed by atoms with Crippen molar-refractivity contribution in [2.75, 3.05) is 5.32 Å². The quantitative estimate of drug-likeness (QED) is 0.492. The summed E-state index contributed by atoms with van der Waals surface area (Å²) in [5, 5.41) is 10.7. The first kappa shape index (κ1) is 24.7. The summed E-state index contributed by atoms with van der Waals surface area (Å²) in [6, 6.07) is 3.00. The molecule has 8 nitrogen and oxygen atoms in total. The summed E-state index contributed by atoms with van der Waals surface area (Å²) in [7, 11) is -4.18. The molecule has 4 rings (SSSR count). The predicted octanol–water partition coefficient (Wildman–Crippen LogP) is 4.68. The Bertz CT molecular complexity index is 1440. The molecule has 0 unspecified atom stereocenters. The van der Waals surface area contributed by atoms with E-state index in [-0.39, 0.29) is 36.3 Å². The monoisotopic (exact) mass is 514 g/mol. The number of nitrogens with two attached hydrogens (primary N) is 1. The maximum absolute atomic E-state index is 14.2. The molecule has 3 N–H and O–H groups in total. The second-order valence-corrected chi connectivity index (χ2v) is 9.43. The van der Waals surface area contributed by atoms with Gasteiger partial charge in [-0.05, 0) is 49.4 Å². The van der Waals surface area contributed by atoms with Gasteiger partial charge >= 0.3 is 12.2 Å². The summed E-state index contributed by atoms with van der Waals surface area (Å²) < 4.78 is 87.2. The Kier molecular flexibility index (Phi) is 6.36. The lowest BCUT2D eigenvalue weighted by molar-refractivity contribution is -0.140. The third-order valence-electron chi connectivity index (χ3n) is 5.34. The Morgan fingerprint density at radius 3 is 2.66 bits per heavy atom. The zero-order chi connectivity index (χ0) is 25.5. The molecule has 1 atom stereocenters. The topological polar surface area (TPSA) is 115 Å². The number of nitrogens with zero attached hydrogens (tertiary/aromatic N) is 4. The first-order chi connectivity index (χ1) is 16.4. The average molecular weight is 514 g/mol. The highest BCUT2D eigenvalue weighted by atomic mass is 32.2. The minimum absolute atomic E-state index is 0.119. The number of aryl methyl sites for hydroxylation is 2. The molecule has 0 aliphatic heterocycles. The number of benzene rings is 1. The van der Waals surface area contributed by atoms with E-state index in [1.807, 2.05) is 0 Å². The van der Waals surface area contributed by atoms with E-state index < -0.39 is 50.0 Å². The van der Waals surface area contributed by atoms with Gasteiger partial charge in [-0.25, -0.2) is 27.9 Å². The third-order valence-corrected chi connectivity index (χ3v) is 6.61. The highest BCUT2D eigenvalue weighted by Crippen LogP contribution is 2.44. The zero-order valence-electron chi connectivity index (χ0n) is 18.2. The molecule has 0 bridgehead atoms. The molecule has 14 heteroatoms. The van der Waals surface area contributed by atoms with Crippen LogP contribution in [-0.4, -0.2) is 25.0 Å². The van der Waals surface area contributed by atoms with E-state index in [0.29, 0.717) is 12.0 Å². The molecule has 3 aromatic rings. The lowest BCUT2D eigenvalue weighted by Gasteiger charge is -2.20. The van der Waals surface area contributed by atoms with E-state index in [0.717, 1.165) is 23.0 Å². The van der Waals surface area contributed by atoms with E-state index in [9.17, 15) is 31.0 Å². The molecule has 1 aliphatic carbocycles. The van der Waals surface area contributed by atoms with E-state index in [1.165, 1.54) is 12.1 Å². The summed E-state index contributed by atoms with van der Waals surface area (Å²) in [4.78, 5) is 16.5. The van der Waals surface area contributed by atoms with E-state index in [1.54, 1.807) is 6.92 Å². The fourth-order valence-corrected chi connectivity index (χ4v) is 4.82. The maximum atomic E-state index is 14.2. The normalized spacial score (nSPS) is 14.9. The number of hydrogen-bond donors (Lipinski definition) is 2. The fourth-order valence-electron chi connectivity index (χ4n) is 3.88. The third kappa shape index (κ3) is 4.89. The highest BCUT2D eigenvalue weighted by molar-refractivity contribution is 7.91. The smallest absolute Gasteiger partial charge is 0.304 e. The molecule has 0 saturated heterocycles. The largest absolute Gasteiger partial charge is 0.434 e. The second kappa shape index (κ2) is 9.00. The van der Waals surface area contributed by atoms with Gasteiger partial charge in [0.05, 0.1) is 11.9 Å². The molecule has 0 spiro atoms. The Morgan fingerprint density at radius 1 is 1.29 bits per heavy atom. The number of pyridine rings is 1. The van der Waals surface area contributed by atoms with Gasteiger partial charge in [0.2, 0.25) is 5.03 Å². The number of carbonyl (C=O) groups excluding carboxylic acids is 1. The Balaban J connectivity index is 1.87. The number of fused-ring (bicyclic) bond motifs is 1. The number of anilines is 1. The summed E-state index contributed by atoms with van der Waals surface area (Å²) >= 11 is 0. The van der Waals surface area contributed by atoms with Crippen molar-refractivity contribution in [1.29, 1.82) is 0 Å². The van der Waals surface area contributed by atoms with Gasteiger partial charge < -0.3 is 5.32 Å². The van der Waals surface area contributed by atoms with Crippen LogP contribution in [0.1, 0.15) is 30.3 Å². The molecule has 1 aliphatic rings. The number of hydrogen-bond acceptors (Lipinski definition) is 4. The van der Waals surface area contributed by atoms with Crippen LogP contribution < -0.4 is 10.5 Å². The van der Waals surface area contributed by atoms with Crippen LogP contribution in [0, 0.1) is 11.6 Å².